The fraction of sp³-hybridized carbons (Fsp3) is 0.182. The molecule has 1 aromatic carbocycles. The van der Waals surface area contributed by atoms with Crippen molar-refractivity contribution >= 4 is 17.5 Å². The SMILES string of the molecule is CCNC(=O)c1cn2c(N)nc(-c3ccccc3)c(-c3cc(C)nc(C)c3)c2n1. The highest BCUT2D eigenvalue weighted by atomic mass is 16.1. The van der Waals surface area contributed by atoms with E-state index in [9.17, 15) is 4.79 Å². The van der Waals surface area contributed by atoms with Gasteiger partial charge in [-0.1, -0.05) is 30.3 Å². The van der Waals surface area contributed by atoms with Gasteiger partial charge in [-0.25, -0.2) is 9.97 Å². The summed E-state index contributed by atoms with van der Waals surface area (Å²) < 4.78 is 1.66. The predicted octanol–water partition coefficient (Wildman–Crippen LogP) is 3.41. The van der Waals surface area contributed by atoms with Gasteiger partial charge in [0.05, 0.1) is 11.3 Å². The predicted molar refractivity (Wildman–Crippen MR) is 114 cm³/mol. The lowest BCUT2D eigenvalue weighted by Crippen LogP contribution is -2.22. The number of amides is 1. The van der Waals surface area contributed by atoms with E-state index in [4.69, 9.17) is 5.73 Å². The van der Waals surface area contributed by atoms with E-state index in [-0.39, 0.29) is 11.9 Å². The number of nitrogens with zero attached hydrogens (tertiary/aromatic N) is 4. The van der Waals surface area contributed by atoms with Crippen molar-refractivity contribution in [3.8, 4) is 22.4 Å². The summed E-state index contributed by atoms with van der Waals surface area (Å²) >= 11 is 0. The summed E-state index contributed by atoms with van der Waals surface area (Å²) in [6, 6.07) is 13.8. The Balaban J connectivity index is 2.07. The number of nitrogens with one attached hydrogen (secondary N) is 1. The largest absolute Gasteiger partial charge is 0.369 e. The summed E-state index contributed by atoms with van der Waals surface area (Å²) in [4.78, 5) is 26.2. The first kappa shape index (κ1) is 18.6. The van der Waals surface area contributed by atoms with Crippen molar-refractivity contribution in [2.24, 2.45) is 0 Å². The monoisotopic (exact) mass is 386 g/mol. The molecule has 0 bridgehead atoms. The maximum absolute atomic E-state index is 12.4. The van der Waals surface area contributed by atoms with Gasteiger partial charge in [-0.2, -0.15) is 0 Å². The van der Waals surface area contributed by atoms with E-state index in [0.29, 0.717) is 23.6 Å². The standard InChI is InChI=1S/C22H22N6O/c1-4-24-21(29)17-12-28-20(26-17)18(16-10-13(2)25-14(3)11-16)19(27-22(28)23)15-8-6-5-7-9-15/h5-12H,4H2,1-3H3,(H2,23,27)(H,24,29). The third-order valence-corrected chi connectivity index (χ3v) is 4.63. The first-order chi connectivity index (χ1) is 14.0. The molecule has 3 N–H and O–H groups in total. The normalized spacial score (nSPS) is 11.0. The Morgan fingerprint density at radius 2 is 1.72 bits per heavy atom. The number of carbonyl (C=O) groups excluding carboxylic acids is 1. The molecule has 7 heteroatoms. The molecule has 7 nitrogen and oxygen atoms in total. The number of rotatable bonds is 4. The van der Waals surface area contributed by atoms with Crippen LogP contribution in [0.4, 0.5) is 5.95 Å². The van der Waals surface area contributed by atoms with E-state index in [1.165, 1.54) is 0 Å². The van der Waals surface area contributed by atoms with E-state index in [0.717, 1.165) is 28.1 Å². The number of aryl methyl sites for hydroxylation is 2. The fourth-order valence-electron chi connectivity index (χ4n) is 3.47. The van der Waals surface area contributed by atoms with Gasteiger partial charge in [0.15, 0.2) is 5.65 Å². The number of fused-ring (bicyclic) bond motifs is 1. The smallest absolute Gasteiger partial charge is 0.271 e. The molecule has 146 valence electrons. The summed E-state index contributed by atoms with van der Waals surface area (Å²) in [5, 5.41) is 2.78. The van der Waals surface area contributed by atoms with Gasteiger partial charge in [0.25, 0.3) is 5.91 Å². The maximum atomic E-state index is 12.4. The number of benzene rings is 1. The number of carbonyl (C=O) groups is 1. The van der Waals surface area contributed by atoms with Crippen LogP contribution >= 0.6 is 0 Å². The number of anilines is 1. The summed E-state index contributed by atoms with van der Waals surface area (Å²) in [7, 11) is 0. The van der Waals surface area contributed by atoms with Gasteiger partial charge in [0, 0.05) is 29.7 Å². The lowest BCUT2D eigenvalue weighted by Gasteiger charge is -2.13. The molecule has 0 aliphatic heterocycles. The summed E-state index contributed by atoms with van der Waals surface area (Å²) in [6.45, 7) is 6.29. The third-order valence-electron chi connectivity index (χ3n) is 4.63. The Kier molecular flexibility index (Phi) is 4.72. The third kappa shape index (κ3) is 3.42. The molecule has 0 saturated carbocycles. The van der Waals surface area contributed by atoms with Crippen LogP contribution in [-0.4, -0.2) is 31.8 Å². The van der Waals surface area contributed by atoms with Crippen LogP contribution < -0.4 is 11.1 Å². The minimum Gasteiger partial charge on any atom is -0.369 e. The number of aromatic nitrogens is 4. The molecular formula is C22H22N6O. The van der Waals surface area contributed by atoms with E-state index in [1.807, 2.05) is 63.2 Å². The Hall–Kier alpha value is -3.74. The molecule has 0 aliphatic rings. The number of hydrogen-bond acceptors (Lipinski definition) is 5. The molecule has 1 amide bonds. The minimum absolute atomic E-state index is 0.245. The lowest BCUT2D eigenvalue weighted by molar-refractivity contribution is 0.0951. The zero-order valence-electron chi connectivity index (χ0n) is 16.6. The zero-order valence-corrected chi connectivity index (χ0v) is 16.6. The maximum Gasteiger partial charge on any atom is 0.271 e. The van der Waals surface area contributed by atoms with E-state index >= 15 is 0 Å². The second-order valence-corrected chi connectivity index (χ2v) is 6.88. The average molecular weight is 386 g/mol. The number of nitrogen functional groups attached to an aromatic ring is 1. The van der Waals surface area contributed by atoms with Crippen molar-refractivity contribution in [3.05, 3.63) is 65.7 Å². The number of nitrogens with two attached hydrogens (primary N) is 1. The second kappa shape index (κ2) is 7.35. The molecule has 29 heavy (non-hydrogen) atoms. The summed E-state index contributed by atoms with van der Waals surface area (Å²) in [5.74, 6) is 0.0260. The van der Waals surface area contributed by atoms with Gasteiger partial charge < -0.3 is 11.1 Å². The van der Waals surface area contributed by atoms with E-state index < -0.39 is 0 Å². The fourth-order valence-corrected chi connectivity index (χ4v) is 3.47. The minimum atomic E-state index is -0.245. The molecule has 4 aromatic rings. The molecule has 0 aliphatic carbocycles. The Morgan fingerprint density at radius 1 is 1.03 bits per heavy atom. The first-order valence-corrected chi connectivity index (χ1v) is 9.45. The molecule has 3 heterocycles. The van der Waals surface area contributed by atoms with Gasteiger partial charge in [-0.3, -0.25) is 14.2 Å². The molecule has 4 rings (SSSR count). The van der Waals surface area contributed by atoms with Crippen LogP contribution in [0.15, 0.2) is 48.7 Å². The Bertz CT molecular complexity index is 1190. The van der Waals surface area contributed by atoms with Gasteiger partial charge in [0.1, 0.15) is 5.69 Å². The van der Waals surface area contributed by atoms with E-state index in [1.54, 1.807) is 10.6 Å². The highest BCUT2D eigenvalue weighted by Gasteiger charge is 2.21. The molecule has 0 saturated heterocycles. The van der Waals surface area contributed by atoms with Gasteiger partial charge >= 0.3 is 0 Å². The van der Waals surface area contributed by atoms with Crippen molar-refractivity contribution in [1.29, 1.82) is 0 Å². The number of hydrogen-bond donors (Lipinski definition) is 2. The highest BCUT2D eigenvalue weighted by molar-refractivity contribution is 5.96. The van der Waals surface area contributed by atoms with Crippen molar-refractivity contribution in [1.82, 2.24) is 24.7 Å². The summed E-state index contributed by atoms with van der Waals surface area (Å²) in [6.07, 6.45) is 1.63. The Morgan fingerprint density at radius 3 is 2.38 bits per heavy atom. The van der Waals surface area contributed by atoms with Crippen LogP contribution in [0.2, 0.25) is 0 Å². The molecule has 3 aromatic heterocycles. The molecular weight excluding hydrogens is 364 g/mol. The van der Waals surface area contributed by atoms with Crippen LogP contribution in [0.5, 0.6) is 0 Å². The van der Waals surface area contributed by atoms with Crippen LogP contribution in [0.1, 0.15) is 28.8 Å². The highest BCUT2D eigenvalue weighted by Crippen LogP contribution is 2.35. The van der Waals surface area contributed by atoms with Crippen LogP contribution in [0.25, 0.3) is 28.0 Å². The first-order valence-electron chi connectivity index (χ1n) is 9.45. The van der Waals surface area contributed by atoms with E-state index in [2.05, 4.69) is 20.3 Å². The number of pyridine rings is 1. The van der Waals surface area contributed by atoms with Crippen molar-refractivity contribution in [2.75, 3.05) is 12.3 Å². The lowest BCUT2D eigenvalue weighted by atomic mass is 9.99. The van der Waals surface area contributed by atoms with Crippen LogP contribution in [0.3, 0.4) is 0 Å². The van der Waals surface area contributed by atoms with Gasteiger partial charge in [-0.05, 0) is 38.5 Å². The Labute approximate surface area is 168 Å². The van der Waals surface area contributed by atoms with Crippen LogP contribution in [-0.2, 0) is 0 Å². The topological polar surface area (TPSA) is 98.2 Å². The zero-order chi connectivity index (χ0) is 20.5. The average Bonchev–Trinajstić information content (AvgIpc) is 3.14. The van der Waals surface area contributed by atoms with Crippen molar-refractivity contribution in [2.45, 2.75) is 20.8 Å². The second-order valence-electron chi connectivity index (χ2n) is 6.88. The number of imidazole rings is 1. The molecule has 0 spiro atoms. The van der Waals surface area contributed by atoms with Crippen LogP contribution in [0, 0.1) is 13.8 Å². The molecule has 0 fully saturated rings. The van der Waals surface area contributed by atoms with Crippen molar-refractivity contribution < 1.29 is 4.79 Å². The van der Waals surface area contributed by atoms with Gasteiger partial charge in [-0.15, -0.1) is 0 Å². The van der Waals surface area contributed by atoms with Crippen molar-refractivity contribution in [3.63, 3.8) is 0 Å². The molecule has 0 atom stereocenters. The molecule has 0 unspecified atom stereocenters. The summed E-state index contributed by atoms with van der Waals surface area (Å²) in [5.41, 5.74) is 12.3. The molecule has 0 radical (unpaired) electrons. The quantitative estimate of drug-likeness (QED) is 0.560. The van der Waals surface area contributed by atoms with Gasteiger partial charge in [0.2, 0.25) is 5.95 Å².